The van der Waals surface area contributed by atoms with Gasteiger partial charge in [0.05, 0.1) is 25.4 Å². The zero-order chi connectivity index (χ0) is 52.5. The molecule has 0 saturated carbocycles. The molecule has 6 N–H and O–H groups in total. The molecule has 0 spiro atoms. The van der Waals surface area contributed by atoms with Gasteiger partial charge in [0.2, 0.25) is 5.91 Å². The van der Waals surface area contributed by atoms with Gasteiger partial charge < -0.3 is 45.1 Å². The number of hydrogen-bond acceptors (Lipinski definition) is 10. The zero-order valence-corrected chi connectivity index (χ0v) is 45.0. The lowest BCUT2D eigenvalue weighted by molar-refractivity contribution is -0.305. The van der Waals surface area contributed by atoms with Gasteiger partial charge in [0, 0.05) is 12.8 Å². The lowest BCUT2D eigenvalue weighted by atomic mass is 9.99. The molecule has 1 saturated heterocycles. The van der Waals surface area contributed by atoms with Gasteiger partial charge in [-0.3, -0.25) is 9.59 Å². The standard InChI is InChI=1S/C61H101NO10/c1-4-7-10-13-16-19-22-24-26-27-28-29-30-33-36-39-42-45-48-54(65)60(69)62-52(53(64)47-44-41-38-35-32-21-18-15-12-9-6-3)51-70-61-59(58(68)57(67)55(50-63)71-61)72-56(66)49-46-43-40-37-34-31-25-23-20-17-14-11-8-5-2/h7-8,10-11,16-17,19-20,24,26,28-29,33,36,42,44-45,47,52-55,57-59,61,63-65,67-68H,4-6,9,12-15,18,21-23,25,27,30-32,34-35,37-41,43,46,48-51H2,1-3H3,(H,62,69)/b10-7-,11-8+,19-16-,20-17+,26-24-,29-28-,36-33-,45-42-,47-44+. The van der Waals surface area contributed by atoms with E-state index in [9.17, 15) is 35.1 Å². The monoisotopic (exact) mass is 1010 g/mol. The van der Waals surface area contributed by atoms with E-state index in [-0.39, 0.29) is 19.4 Å². The van der Waals surface area contributed by atoms with Crippen LogP contribution in [0.2, 0.25) is 0 Å². The number of allylic oxidation sites excluding steroid dienone is 16. The highest BCUT2D eigenvalue weighted by Crippen LogP contribution is 2.26. The van der Waals surface area contributed by atoms with E-state index in [0.717, 1.165) is 116 Å². The summed E-state index contributed by atoms with van der Waals surface area (Å²) in [7, 11) is 0. The molecule has 1 aliphatic heterocycles. The summed E-state index contributed by atoms with van der Waals surface area (Å²) >= 11 is 0. The van der Waals surface area contributed by atoms with Crippen LogP contribution in [0.3, 0.4) is 0 Å². The molecule has 410 valence electrons. The molecule has 11 heteroatoms. The molecule has 8 atom stereocenters. The van der Waals surface area contributed by atoms with Gasteiger partial charge in [-0.2, -0.15) is 0 Å². The molecule has 0 aromatic carbocycles. The molecule has 72 heavy (non-hydrogen) atoms. The third-order valence-corrected chi connectivity index (χ3v) is 12.4. The summed E-state index contributed by atoms with van der Waals surface area (Å²) in [6.45, 7) is 5.48. The highest BCUT2D eigenvalue weighted by molar-refractivity contribution is 5.81. The number of carbonyl (C=O) groups excluding carboxylic acids is 2. The van der Waals surface area contributed by atoms with Gasteiger partial charge in [-0.25, -0.2) is 0 Å². The summed E-state index contributed by atoms with van der Waals surface area (Å²) in [4.78, 5) is 26.4. The van der Waals surface area contributed by atoms with E-state index in [4.69, 9.17) is 14.2 Å². The number of unbranched alkanes of at least 4 members (excludes halogenated alkanes) is 16. The van der Waals surface area contributed by atoms with Crippen molar-refractivity contribution < 1.29 is 49.3 Å². The van der Waals surface area contributed by atoms with Crippen LogP contribution in [0.25, 0.3) is 0 Å². The van der Waals surface area contributed by atoms with Crippen molar-refractivity contribution >= 4 is 11.9 Å². The Bertz CT molecular complexity index is 1580. The van der Waals surface area contributed by atoms with Crippen molar-refractivity contribution in [3.63, 3.8) is 0 Å². The third-order valence-electron chi connectivity index (χ3n) is 12.4. The Morgan fingerprint density at radius 1 is 0.556 bits per heavy atom. The van der Waals surface area contributed by atoms with Crippen molar-refractivity contribution in [3.05, 3.63) is 109 Å². The lowest BCUT2D eigenvalue weighted by Crippen LogP contribution is -2.61. The first kappa shape index (κ1) is 66.3. The Labute approximate surface area is 437 Å². The minimum Gasteiger partial charge on any atom is -0.454 e. The van der Waals surface area contributed by atoms with Gasteiger partial charge in [0.15, 0.2) is 12.4 Å². The van der Waals surface area contributed by atoms with Crippen molar-refractivity contribution in [2.75, 3.05) is 13.2 Å². The third kappa shape index (κ3) is 36.3. The number of ether oxygens (including phenoxy) is 3. The van der Waals surface area contributed by atoms with E-state index in [2.05, 4.69) is 105 Å². The predicted molar refractivity (Wildman–Crippen MR) is 296 cm³/mol. The fourth-order valence-corrected chi connectivity index (χ4v) is 8.00. The van der Waals surface area contributed by atoms with Gasteiger partial charge in [0.25, 0.3) is 0 Å². The van der Waals surface area contributed by atoms with Crippen LogP contribution in [0.5, 0.6) is 0 Å². The molecular formula is C61H101NO10. The Morgan fingerprint density at radius 2 is 1.00 bits per heavy atom. The van der Waals surface area contributed by atoms with Crippen molar-refractivity contribution in [2.24, 2.45) is 0 Å². The Hall–Kier alpha value is -3.68. The average Bonchev–Trinajstić information content (AvgIpc) is 3.38. The first-order chi connectivity index (χ1) is 35.2. The topological polar surface area (TPSA) is 175 Å². The first-order valence-electron chi connectivity index (χ1n) is 28.2. The molecular weight excluding hydrogens is 907 g/mol. The van der Waals surface area contributed by atoms with Crippen molar-refractivity contribution in [1.82, 2.24) is 5.32 Å². The van der Waals surface area contributed by atoms with Gasteiger partial charge in [-0.05, 0) is 83.5 Å². The maximum absolute atomic E-state index is 13.3. The number of amides is 1. The summed E-state index contributed by atoms with van der Waals surface area (Å²) in [5.74, 6) is -1.30. The van der Waals surface area contributed by atoms with Crippen LogP contribution < -0.4 is 5.32 Å². The fraction of sp³-hybridized carbons (Fsp3) is 0.672. The van der Waals surface area contributed by atoms with Crippen molar-refractivity contribution in [1.29, 1.82) is 0 Å². The number of carbonyl (C=O) groups is 2. The number of aliphatic hydroxyl groups excluding tert-OH is 5. The SMILES string of the molecule is CC/C=C\C/C=C\C/C=C\C/C=C\C/C=C\C/C=C\CC(O)C(=O)NC(COC1OC(CO)C(O)C(O)C1OC(=O)CCCCCCCCC/C=C/C/C=C/CC)C(O)/C=C/CCCCCCCCCCC. The molecule has 1 rings (SSSR count). The maximum atomic E-state index is 13.3. The molecule has 1 amide bonds. The van der Waals surface area contributed by atoms with E-state index in [0.29, 0.717) is 12.8 Å². The molecule has 0 bridgehead atoms. The molecule has 1 aliphatic rings. The molecule has 1 heterocycles. The second kappa shape index (κ2) is 48.3. The van der Waals surface area contributed by atoms with Crippen molar-refractivity contribution in [2.45, 2.75) is 250 Å². The van der Waals surface area contributed by atoms with Gasteiger partial charge in [-0.1, -0.05) is 214 Å². The van der Waals surface area contributed by atoms with Crippen LogP contribution in [0.4, 0.5) is 0 Å². The summed E-state index contributed by atoms with van der Waals surface area (Å²) < 4.78 is 17.5. The van der Waals surface area contributed by atoms with E-state index in [1.54, 1.807) is 12.2 Å². The predicted octanol–water partition coefficient (Wildman–Crippen LogP) is 12.5. The second-order valence-corrected chi connectivity index (χ2v) is 18.9. The number of nitrogens with one attached hydrogen (secondary N) is 1. The second-order valence-electron chi connectivity index (χ2n) is 18.9. The van der Waals surface area contributed by atoms with E-state index in [1.165, 1.54) is 38.5 Å². The first-order valence-corrected chi connectivity index (χ1v) is 28.2. The minimum absolute atomic E-state index is 0.0517. The molecule has 11 nitrogen and oxygen atoms in total. The van der Waals surface area contributed by atoms with E-state index < -0.39 is 67.4 Å². The van der Waals surface area contributed by atoms with Crippen molar-refractivity contribution in [3.8, 4) is 0 Å². The molecule has 0 aliphatic carbocycles. The quantitative estimate of drug-likeness (QED) is 0.0196. The number of aliphatic hydroxyl groups is 5. The van der Waals surface area contributed by atoms with Crippen LogP contribution in [0.1, 0.15) is 201 Å². The highest BCUT2D eigenvalue weighted by atomic mass is 16.7. The summed E-state index contributed by atoms with van der Waals surface area (Å²) in [6.07, 6.45) is 54.4. The minimum atomic E-state index is -1.63. The van der Waals surface area contributed by atoms with E-state index >= 15 is 0 Å². The average molecular weight is 1010 g/mol. The van der Waals surface area contributed by atoms with Gasteiger partial charge in [0.1, 0.15) is 24.4 Å². The Morgan fingerprint density at radius 3 is 1.50 bits per heavy atom. The summed E-state index contributed by atoms with van der Waals surface area (Å²) in [5.41, 5.74) is 0. The fourth-order valence-electron chi connectivity index (χ4n) is 8.00. The van der Waals surface area contributed by atoms with Crippen LogP contribution in [0, 0.1) is 0 Å². The van der Waals surface area contributed by atoms with Gasteiger partial charge in [-0.15, -0.1) is 0 Å². The Kier molecular flexibility index (Phi) is 44.5. The normalized spacial score (nSPS) is 20.4. The van der Waals surface area contributed by atoms with E-state index in [1.807, 2.05) is 18.2 Å². The van der Waals surface area contributed by atoms with Crippen LogP contribution in [-0.4, -0.2) is 99.6 Å². The molecule has 8 unspecified atom stereocenters. The largest absolute Gasteiger partial charge is 0.454 e. The zero-order valence-electron chi connectivity index (χ0n) is 45.0. The Balaban J connectivity index is 2.80. The number of esters is 1. The number of hydrogen-bond donors (Lipinski definition) is 6. The summed E-state index contributed by atoms with van der Waals surface area (Å²) in [6, 6.07) is -1.07. The summed E-state index contributed by atoms with van der Waals surface area (Å²) in [5, 5.41) is 56.6. The van der Waals surface area contributed by atoms with Gasteiger partial charge >= 0.3 is 5.97 Å². The molecule has 0 aromatic rings. The van der Waals surface area contributed by atoms with Crippen LogP contribution in [-0.2, 0) is 23.8 Å². The molecule has 0 aromatic heterocycles. The smallest absolute Gasteiger partial charge is 0.306 e. The maximum Gasteiger partial charge on any atom is 0.306 e. The molecule has 0 radical (unpaired) electrons. The molecule has 1 fully saturated rings. The number of rotatable bonds is 45. The lowest BCUT2D eigenvalue weighted by Gasteiger charge is -2.41. The highest BCUT2D eigenvalue weighted by Gasteiger charge is 2.47. The van der Waals surface area contributed by atoms with Crippen LogP contribution in [0.15, 0.2) is 109 Å². The van der Waals surface area contributed by atoms with Crippen LogP contribution >= 0.6 is 0 Å².